The Morgan fingerprint density at radius 3 is 2.31 bits per heavy atom. The first-order valence-corrected chi connectivity index (χ1v) is 11.6. The Hall–Kier alpha value is -4.14. The molecule has 3 aromatic rings. The zero-order chi connectivity index (χ0) is 24.4. The van der Waals surface area contributed by atoms with Crippen LogP contribution < -0.4 is 10.6 Å². The van der Waals surface area contributed by atoms with Gasteiger partial charge in [-0.1, -0.05) is 53.7 Å². The van der Waals surface area contributed by atoms with Gasteiger partial charge >= 0.3 is 12.1 Å². The number of anilines is 1. The molecule has 0 radical (unpaired) electrons. The van der Waals surface area contributed by atoms with Crippen LogP contribution in [0.5, 0.6) is 0 Å². The number of benzene rings is 2. The third-order valence-electron chi connectivity index (χ3n) is 6.66. The molecule has 0 aliphatic heterocycles. The molecule has 9 nitrogen and oxygen atoms in total. The van der Waals surface area contributed by atoms with Crippen molar-refractivity contribution in [2.75, 3.05) is 18.5 Å². The predicted octanol–water partition coefficient (Wildman–Crippen LogP) is 4.27. The molecule has 1 saturated carbocycles. The second-order valence-electron chi connectivity index (χ2n) is 9.04. The molecule has 2 aliphatic rings. The van der Waals surface area contributed by atoms with Crippen molar-refractivity contribution in [3.63, 3.8) is 0 Å². The summed E-state index contributed by atoms with van der Waals surface area (Å²) in [4.78, 5) is 35.4. The Morgan fingerprint density at radius 1 is 1.00 bits per heavy atom. The molecule has 1 fully saturated rings. The molecule has 5 rings (SSSR count). The van der Waals surface area contributed by atoms with E-state index in [1.807, 2.05) is 36.4 Å². The van der Waals surface area contributed by atoms with Gasteiger partial charge in [0.25, 0.3) is 5.91 Å². The molecule has 0 unspecified atom stereocenters. The van der Waals surface area contributed by atoms with E-state index in [1.165, 1.54) is 6.07 Å². The summed E-state index contributed by atoms with van der Waals surface area (Å²) in [6.07, 6.45) is 1.02. The van der Waals surface area contributed by atoms with Crippen molar-refractivity contribution in [1.82, 2.24) is 10.5 Å². The lowest BCUT2D eigenvalue weighted by Crippen LogP contribution is -2.36. The number of carbonyl (C=O) groups is 3. The zero-order valence-electron chi connectivity index (χ0n) is 18.9. The first-order valence-electron chi connectivity index (χ1n) is 11.6. The standard InChI is InChI=1S/C26H25N3O6/c30-24(31)11-15-9-16(10-15)13-27-25(32)22-12-23(35-29-22)28-26(33)34-14-21-19-7-3-1-5-17(19)18-6-2-4-8-20(18)21/h1-8,12,15-16,21H,9-11,13-14H2,(H,27,32)(H,28,33)(H,30,31). The van der Waals surface area contributed by atoms with Crippen molar-refractivity contribution in [2.24, 2.45) is 11.8 Å². The molecule has 2 aromatic carbocycles. The number of aliphatic carboxylic acids is 1. The Labute approximate surface area is 201 Å². The maximum atomic E-state index is 12.4. The highest BCUT2D eigenvalue weighted by Gasteiger charge is 2.31. The van der Waals surface area contributed by atoms with E-state index in [0.717, 1.165) is 35.1 Å². The number of carbonyl (C=O) groups excluding carboxylic acids is 2. The Bertz CT molecular complexity index is 1220. The summed E-state index contributed by atoms with van der Waals surface area (Å²) in [7, 11) is 0. The quantitative estimate of drug-likeness (QED) is 0.443. The van der Waals surface area contributed by atoms with Gasteiger partial charge in [0.1, 0.15) is 6.61 Å². The van der Waals surface area contributed by atoms with Gasteiger partial charge < -0.3 is 19.7 Å². The van der Waals surface area contributed by atoms with Gasteiger partial charge in [0.05, 0.1) is 0 Å². The zero-order valence-corrected chi connectivity index (χ0v) is 18.9. The molecule has 0 saturated heterocycles. The number of carboxylic acid groups (broad SMARTS) is 1. The molecular weight excluding hydrogens is 450 g/mol. The highest BCUT2D eigenvalue weighted by molar-refractivity contribution is 5.93. The van der Waals surface area contributed by atoms with Crippen LogP contribution in [0.4, 0.5) is 10.7 Å². The number of hydrogen-bond donors (Lipinski definition) is 3. The molecule has 9 heteroatoms. The summed E-state index contributed by atoms with van der Waals surface area (Å²) in [5, 5.41) is 17.8. The average Bonchev–Trinajstić information content (AvgIpc) is 3.41. The topological polar surface area (TPSA) is 131 Å². The molecule has 2 amide bonds. The minimum absolute atomic E-state index is 0.0116. The van der Waals surface area contributed by atoms with E-state index in [0.29, 0.717) is 6.54 Å². The number of carboxylic acids is 1. The van der Waals surface area contributed by atoms with Crippen molar-refractivity contribution in [1.29, 1.82) is 0 Å². The number of rotatable bonds is 8. The molecule has 1 aromatic heterocycles. The van der Waals surface area contributed by atoms with Crippen LogP contribution in [0.3, 0.4) is 0 Å². The number of fused-ring (bicyclic) bond motifs is 3. The van der Waals surface area contributed by atoms with Crippen LogP contribution in [0.1, 0.15) is 46.8 Å². The number of amides is 2. The SMILES string of the molecule is O=C(O)CC1CC(CNC(=O)c2cc(NC(=O)OCC3c4ccccc4-c4ccccc43)on2)C1. The van der Waals surface area contributed by atoms with E-state index in [9.17, 15) is 14.4 Å². The smallest absolute Gasteiger partial charge is 0.414 e. The van der Waals surface area contributed by atoms with Crippen LogP contribution in [0.25, 0.3) is 11.1 Å². The average molecular weight is 476 g/mol. The second kappa shape index (κ2) is 9.61. The van der Waals surface area contributed by atoms with Crippen LogP contribution in [-0.2, 0) is 9.53 Å². The van der Waals surface area contributed by atoms with E-state index >= 15 is 0 Å². The van der Waals surface area contributed by atoms with Crippen molar-refractivity contribution in [3.05, 3.63) is 71.4 Å². The Kier molecular flexibility index (Phi) is 6.22. The molecule has 180 valence electrons. The van der Waals surface area contributed by atoms with Crippen molar-refractivity contribution in [2.45, 2.75) is 25.2 Å². The predicted molar refractivity (Wildman–Crippen MR) is 126 cm³/mol. The van der Waals surface area contributed by atoms with E-state index in [-0.39, 0.29) is 42.4 Å². The van der Waals surface area contributed by atoms with Gasteiger partial charge in [0.2, 0.25) is 5.88 Å². The molecule has 35 heavy (non-hydrogen) atoms. The number of ether oxygens (including phenoxy) is 1. The van der Waals surface area contributed by atoms with Gasteiger partial charge in [-0.25, -0.2) is 4.79 Å². The molecule has 2 aliphatic carbocycles. The van der Waals surface area contributed by atoms with Crippen molar-refractivity contribution in [3.8, 4) is 11.1 Å². The molecular formula is C26H25N3O6. The summed E-state index contributed by atoms with van der Waals surface area (Å²) < 4.78 is 10.5. The summed E-state index contributed by atoms with van der Waals surface area (Å²) in [6, 6.07) is 17.5. The first kappa shape index (κ1) is 22.6. The number of nitrogens with zero attached hydrogens (tertiary/aromatic N) is 1. The maximum absolute atomic E-state index is 12.4. The number of hydrogen-bond acceptors (Lipinski definition) is 6. The van der Waals surface area contributed by atoms with E-state index in [2.05, 4.69) is 27.9 Å². The van der Waals surface area contributed by atoms with Crippen LogP contribution in [0.2, 0.25) is 0 Å². The van der Waals surface area contributed by atoms with Gasteiger partial charge in [0.15, 0.2) is 5.69 Å². The minimum Gasteiger partial charge on any atom is -0.481 e. The largest absolute Gasteiger partial charge is 0.481 e. The van der Waals surface area contributed by atoms with Crippen LogP contribution in [-0.4, -0.2) is 41.4 Å². The van der Waals surface area contributed by atoms with Gasteiger partial charge in [-0.05, 0) is 46.9 Å². The van der Waals surface area contributed by atoms with Crippen LogP contribution in [0.15, 0.2) is 59.1 Å². The number of nitrogens with one attached hydrogen (secondary N) is 2. The van der Waals surface area contributed by atoms with Crippen LogP contribution in [0, 0.1) is 11.8 Å². The summed E-state index contributed by atoms with van der Waals surface area (Å²) in [6.45, 7) is 0.600. The first-order chi connectivity index (χ1) is 17.0. The molecule has 3 N–H and O–H groups in total. The molecule has 0 spiro atoms. The van der Waals surface area contributed by atoms with Crippen molar-refractivity contribution >= 4 is 23.9 Å². The van der Waals surface area contributed by atoms with Crippen molar-refractivity contribution < 1.29 is 28.8 Å². The lowest BCUT2D eigenvalue weighted by molar-refractivity contribution is -0.139. The van der Waals surface area contributed by atoms with Gasteiger partial charge in [-0.2, -0.15) is 0 Å². The van der Waals surface area contributed by atoms with Crippen LogP contribution >= 0.6 is 0 Å². The fourth-order valence-electron chi connectivity index (χ4n) is 4.96. The monoisotopic (exact) mass is 475 g/mol. The minimum atomic E-state index is -0.795. The summed E-state index contributed by atoms with van der Waals surface area (Å²) in [5.41, 5.74) is 4.55. The fourth-order valence-corrected chi connectivity index (χ4v) is 4.96. The van der Waals surface area contributed by atoms with Gasteiger partial charge in [-0.3, -0.25) is 14.9 Å². The van der Waals surface area contributed by atoms with E-state index < -0.39 is 18.0 Å². The summed E-state index contributed by atoms with van der Waals surface area (Å²) in [5.74, 6) is -0.834. The fraction of sp³-hybridized carbons (Fsp3) is 0.308. The second-order valence-corrected chi connectivity index (χ2v) is 9.04. The van der Waals surface area contributed by atoms with E-state index in [1.54, 1.807) is 0 Å². The van der Waals surface area contributed by atoms with Gasteiger partial charge in [0, 0.05) is 24.9 Å². The van der Waals surface area contributed by atoms with Gasteiger partial charge in [-0.15, -0.1) is 0 Å². The lowest BCUT2D eigenvalue weighted by atomic mass is 9.73. The van der Waals surface area contributed by atoms with E-state index in [4.69, 9.17) is 14.4 Å². The third-order valence-corrected chi connectivity index (χ3v) is 6.66. The summed E-state index contributed by atoms with van der Waals surface area (Å²) >= 11 is 0. The number of aromatic nitrogens is 1. The third kappa shape index (κ3) is 4.89. The highest BCUT2D eigenvalue weighted by atomic mass is 16.6. The molecule has 0 atom stereocenters. The maximum Gasteiger partial charge on any atom is 0.414 e. The normalized spacial score (nSPS) is 18.2. The lowest BCUT2D eigenvalue weighted by Gasteiger charge is -2.34. The molecule has 1 heterocycles. The highest BCUT2D eigenvalue weighted by Crippen LogP contribution is 2.44. The Morgan fingerprint density at radius 2 is 1.66 bits per heavy atom. The Balaban J connectivity index is 1.11. The molecule has 0 bridgehead atoms.